The van der Waals surface area contributed by atoms with Crippen LogP contribution in [0.15, 0.2) is 42.5 Å². The maximum Gasteiger partial charge on any atom is 0.418 e. The van der Waals surface area contributed by atoms with Gasteiger partial charge in [0.25, 0.3) is 5.91 Å². The van der Waals surface area contributed by atoms with Crippen LogP contribution in [-0.2, 0) is 39.3 Å². The minimum absolute atomic E-state index is 0.000958. The van der Waals surface area contributed by atoms with E-state index in [0.29, 0.717) is 30.6 Å². The van der Waals surface area contributed by atoms with Crippen molar-refractivity contribution in [1.29, 1.82) is 0 Å². The quantitative estimate of drug-likeness (QED) is 0.662. The Kier molecular flexibility index (Phi) is 6.39. The predicted octanol–water partition coefficient (Wildman–Crippen LogP) is 3.56. The number of hydrogen-bond acceptors (Lipinski definition) is 5. The van der Waals surface area contributed by atoms with E-state index in [9.17, 15) is 19.2 Å². The van der Waals surface area contributed by atoms with Gasteiger partial charge in [0.05, 0.1) is 0 Å². The fourth-order valence-electron chi connectivity index (χ4n) is 5.83. The lowest BCUT2D eigenvalue weighted by atomic mass is 9.94. The standard InChI is InChI=1S/C28H32N4O5/c1-17(2)23-11-8-18-6-4-5-7-20(18)15-31(23)24(33)16-32-25(34)28(37-27(32)36)13-12-19-14-21(9-10-22(19)28)30-26(35)29-3/h4-7,9-10,14,17,23H,8,11-13,15-16H2,1-3H3,(H2,29,30,35)/t23-,28+/m0/s1. The van der Waals surface area contributed by atoms with Crippen LogP contribution in [0.1, 0.15) is 48.9 Å². The molecule has 1 saturated heterocycles. The van der Waals surface area contributed by atoms with Gasteiger partial charge in [0, 0.05) is 37.3 Å². The fourth-order valence-corrected chi connectivity index (χ4v) is 5.83. The number of nitrogens with zero attached hydrogens (tertiary/aromatic N) is 2. The highest BCUT2D eigenvalue weighted by Crippen LogP contribution is 2.46. The van der Waals surface area contributed by atoms with Crippen molar-refractivity contribution >= 4 is 29.6 Å². The van der Waals surface area contributed by atoms with Crippen LogP contribution in [0.5, 0.6) is 0 Å². The van der Waals surface area contributed by atoms with Crippen molar-refractivity contribution in [3.8, 4) is 0 Å². The number of fused-ring (bicyclic) bond motifs is 3. The minimum Gasteiger partial charge on any atom is -0.427 e. The van der Waals surface area contributed by atoms with Crippen molar-refractivity contribution in [2.45, 2.75) is 57.7 Å². The first-order valence-corrected chi connectivity index (χ1v) is 12.8. The van der Waals surface area contributed by atoms with E-state index >= 15 is 0 Å². The van der Waals surface area contributed by atoms with E-state index in [-0.39, 0.29) is 30.4 Å². The van der Waals surface area contributed by atoms with E-state index in [2.05, 4.69) is 30.5 Å². The van der Waals surface area contributed by atoms with Crippen molar-refractivity contribution < 1.29 is 23.9 Å². The highest BCUT2D eigenvalue weighted by molar-refractivity contribution is 6.06. The van der Waals surface area contributed by atoms with Gasteiger partial charge in [0.15, 0.2) is 0 Å². The van der Waals surface area contributed by atoms with Crippen molar-refractivity contribution in [1.82, 2.24) is 15.1 Å². The molecule has 2 heterocycles. The van der Waals surface area contributed by atoms with E-state index in [1.54, 1.807) is 18.2 Å². The van der Waals surface area contributed by atoms with Crippen LogP contribution < -0.4 is 10.6 Å². The molecular formula is C28H32N4O5. The Hall–Kier alpha value is -3.88. The molecule has 9 nitrogen and oxygen atoms in total. The summed E-state index contributed by atoms with van der Waals surface area (Å²) in [5, 5.41) is 5.21. The molecule has 9 heteroatoms. The number of imide groups is 1. The van der Waals surface area contributed by atoms with Crippen LogP contribution in [0.25, 0.3) is 0 Å². The lowest BCUT2D eigenvalue weighted by Crippen LogP contribution is -2.48. The fraction of sp³-hybridized carbons (Fsp3) is 0.429. The Labute approximate surface area is 216 Å². The van der Waals surface area contributed by atoms with Crippen molar-refractivity contribution in [2.24, 2.45) is 5.92 Å². The van der Waals surface area contributed by atoms with Crippen LogP contribution in [0.3, 0.4) is 0 Å². The van der Waals surface area contributed by atoms with E-state index in [1.165, 1.54) is 12.6 Å². The molecule has 2 aromatic rings. The average Bonchev–Trinajstić information content (AvgIpc) is 3.25. The number of aryl methyl sites for hydroxylation is 2. The number of ether oxygens (including phenoxy) is 1. The highest BCUT2D eigenvalue weighted by Gasteiger charge is 2.58. The number of amides is 5. The van der Waals surface area contributed by atoms with Gasteiger partial charge in [-0.2, -0.15) is 0 Å². The molecule has 0 aromatic heterocycles. The molecule has 1 aliphatic carbocycles. The second-order valence-electron chi connectivity index (χ2n) is 10.3. The monoisotopic (exact) mass is 504 g/mol. The zero-order chi connectivity index (χ0) is 26.3. The van der Waals surface area contributed by atoms with Crippen LogP contribution >= 0.6 is 0 Å². The van der Waals surface area contributed by atoms with Gasteiger partial charge in [-0.25, -0.2) is 14.5 Å². The zero-order valence-corrected chi connectivity index (χ0v) is 21.4. The van der Waals surface area contributed by atoms with E-state index in [4.69, 9.17) is 4.74 Å². The maximum absolute atomic E-state index is 13.6. The number of carbonyl (C=O) groups excluding carboxylic acids is 4. The number of benzene rings is 2. The van der Waals surface area contributed by atoms with Gasteiger partial charge in [-0.05, 0) is 54.0 Å². The molecule has 5 amide bonds. The SMILES string of the molecule is CNC(=O)Nc1ccc2c(c1)CC[C@@]21OC(=O)N(CC(=O)N2Cc3ccccc3CC[C@H]2C(C)C)C1=O. The molecule has 37 heavy (non-hydrogen) atoms. The molecule has 0 radical (unpaired) electrons. The van der Waals surface area contributed by atoms with E-state index in [1.807, 2.05) is 23.1 Å². The maximum atomic E-state index is 13.6. The Morgan fingerprint density at radius 3 is 2.57 bits per heavy atom. The van der Waals surface area contributed by atoms with Crippen molar-refractivity contribution in [3.05, 3.63) is 64.7 Å². The first kappa shape index (κ1) is 24.8. The average molecular weight is 505 g/mol. The molecule has 3 aliphatic rings. The van der Waals surface area contributed by atoms with Crippen molar-refractivity contribution in [2.75, 3.05) is 18.9 Å². The van der Waals surface area contributed by atoms with E-state index in [0.717, 1.165) is 28.9 Å². The summed E-state index contributed by atoms with van der Waals surface area (Å²) in [5.74, 6) is -0.542. The van der Waals surface area contributed by atoms with Gasteiger partial charge in [0.2, 0.25) is 11.5 Å². The molecule has 2 atom stereocenters. The molecule has 1 spiro atoms. The lowest BCUT2D eigenvalue weighted by Gasteiger charge is -2.34. The van der Waals surface area contributed by atoms with Gasteiger partial charge in [-0.15, -0.1) is 0 Å². The first-order chi connectivity index (χ1) is 17.7. The molecule has 1 fully saturated rings. The predicted molar refractivity (Wildman–Crippen MR) is 137 cm³/mol. The largest absolute Gasteiger partial charge is 0.427 e. The molecule has 0 unspecified atom stereocenters. The summed E-state index contributed by atoms with van der Waals surface area (Å²) in [6.07, 6.45) is 1.71. The van der Waals surface area contributed by atoms with Crippen LogP contribution in [0.2, 0.25) is 0 Å². The van der Waals surface area contributed by atoms with Crippen LogP contribution in [0.4, 0.5) is 15.3 Å². The molecule has 2 aliphatic heterocycles. The molecule has 2 N–H and O–H groups in total. The number of anilines is 1. The number of carbonyl (C=O) groups is 4. The molecule has 5 rings (SSSR count). The van der Waals surface area contributed by atoms with Gasteiger partial charge < -0.3 is 20.3 Å². The zero-order valence-electron chi connectivity index (χ0n) is 21.4. The third-order valence-electron chi connectivity index (χ3n) is 7.80. The first-order valence-electron chi connectivity index (χ1n) is 12.8. The third-order valence-corrected chi connectivity index (χ3v) is 7.80. The summed E-state index contributed by atoms with van der Waals surface area (Å²) in [4.78, 5) is 54.7. The number of nitrogens with one attached hydrogen (secondary N) is 2. The summed E-state index contributed by atoms with van der Waals surface area (Å²) < 4.78 is 5.71. The minimum atomic E-state index is -1.43. The number of hydrogen-bond donors (Lipinski definition) is 2. The summed E-state index contributed by atoms with van der Waals surface area (Å²) >= 11 is 0. The highest BCUT2D eigenvalue weighted by atomic mass is 16.6. The second-order valence-corrected chi connectivity index (χ2v) is 10.3. The Morgan fingerprint density at radius 1 is 1.08 bits per heavy atom. The summed E-state index contributed by atoms with van der Waals surface area (Å²) in [7, 11) is 1.53. The Balaban J connectivity index is 1.37. The summed E-state index contributed by atoms with van der Waals surface area (Å²) in [6.45, 7) is 4.28. The van der Waals surface area contributed by atoms with Gasteiger partial charge in [-0.3, -0.25) is 9.59 Å². The molecular weight excluding hydrogens is 472 g/mol. The summed E-state index contributed by atoms with van der Waals surface area (Å²) in [5.41, 5.74) is 2.91. The van der Waals surface area contributed by atoms with Crippen molar-refractivity contribution in [3.63, 3.8) is 0 Å². The Bertz CT molecular complexity index is 1270. The third kappa shape index (κ3) is 4.32. The Morgan fingerprint density at radius 2 is 1.84 bits per heavy atom. The van der Waals surface area contributed by atoms with Gasteiger partial charge in [0.1, 0.15) is 6.54 Å². The normalized spacial score (nSPS) is 22.5. The van der Waals surface area contributed by atoms with Gasteiger partial charge >= 0.3 is 12.1 Å². The van der Waals surface area contributed by atoms with Crippen LogP contribution in [-0.4, -0.2) is 53.4 Å². The molecule has 2 aromatic carbocycles. The smallest absolute Gasteiger partial charge is 0.418 e. The number of urea groups is 1. The molecule has 0 bridgehead atoms. The second kappa shape index (κ2) is 9.53. The topological polar surface area (TPSA) is 108 Å². The summed E-state index contributed by atoms with van der Waals surface area (Å²) in [6, 6.07) is 12.9. The van der Waals surface area contributed by atoms with Gasteiger partial charge in [-0.1, -0.05) is 44.2 Å². The number of rotatable bonds is 4. The molecule has 0 saturated carbocycles. The van der Waals surface area contributed by atoms with Crippen LogP contribution in [0, 0.1) is 5.92 Å². The molecule has 194 valence electrons. The lowest BCUT2D eigenvalue weighted by molar-refractivity contribution is -0.143. The van der Waals surface area contributed by atoms with E-state index < -0.39 is 17.6 Å².